The van der Waals surface area contributed by atoms with Crippen molar-refractivity contribution >= 4 is 17.9 Å². The van der Waals surface area contributed by atoms with E-state index in [1.54, 1.807) is 0 Å². The maximum atomic E-state index is 12.6. The van der Waals surface area contributed by atoms with Crippen molar-refractivity contribution in [2.75, 3.05) is 13.2 Å². The normalized spacial score (nSPS) is 11.9. The minimum Gasteiger partial charge on any atom is -0.462 e. The van der Waals surface area contributed by atoms with Crippen molar-refractivity contribution in [3.63, 3.8) is 0 Å². The van der Waals surface area contributed by atoms with Gasteiger partial charge in [-0.25, -0.2) is 0 Å². The molecule has 0 amide bonds. The molecule has 0 radical (unpaired) electrons. The molecule has 0 unspecified atom stereocenters. The zero-order valence-electron chi connectivity index (χ0n) is 38.8. The fraction of sp³-hybridized carbons (Fsp3) is 0.941. The van der Waals surface area contributed by atoms with Gasteiger partial charge >= 0.3 is 17.9 Å². The van der Waals surface area contributed by atoms with E-state index in [1.807, 2.05) is 0 Å². The van der Waals surface area contributed by atoms with Crippen LogP contribution in [-0.2, 0) is 28.6 Å². The van der Waals surface area contributed by atoms with E-state index in [0.717, 1.165) is 63.7 Å². The Morgan fingerprint density at radius 3 is 0.860 bits per heavy atom. The van der Waals surface area contributed by atoms with Crippen LogP contribution in [0.4, 0.5) is 0 Å². The zero-order chi connectivity index (χ0) is 41.7. The first-order valence-electron chi connectivity index (χ1n) is 25.4. The van der Waals surface area contributed by atoms with Crippen LogP contribution in [0.5, 0.6) is 0 Å². The third-order valence-electron chi connectivity index (χ3n) is 11.5. The van der Waals surface area contributed by atoms with E-state index in [1.165, 1.54) is 180 Å². The second-order valence-electron chi connectivity index (χ2n) is 17.9. The fourth-order valence-electron chi connectivity index (χ4n) is 7.69. The van der Waals surface area contributed by atoms with Gasteiger partial charge < -0.3 is 14.2 Å². The van der Waals surface area contributed by atoms with Crippen LogP contribution in [0.2, 0.25) is 0 Å². The molecule has 0 saturated carbocycles. The van der Waals surface area contributed by atoms with Crippen molar-refractivity contribution in [3.05, 3.63) is 0 Å². The molecule has 0 aliphatic heterocycles. The SMILES string of the molecule is CCCCCCCCCCCCCCCCCC(=O)OC[C@H](COC(=O)CCCCCCCCCCCCCCCCC(C)C)OC(=O)CCCCCCCCC. The molecular formula is C51H98O6. The van der Waals surface area contributed by atoms with Crippen molar-refractivity contribution in [2.45, 2.75) is 291 Å². The molecule has 0 fully saturated rings. The Bertz CT molecular complexity index is 857. The van der Waals surface area contributed by atoms with Crippen LogP contribution >= 0.6 is 0 Å². The van der Waals surface area contributed by atoms with Crippen LogP contribution in [0.1, 0.15) is 285 Å². The van der Waals surface area contributed by atoms with Crippen LogP contribution in [0.3, 0.4) is 0 Å². The number of hydrogen-bond acceptors (Lipinski definition) is 6. The topological polar surface area (TPSA) is 78.9 Å². The fourth-order valence-corrected chi connectivity index (χ4v) is 7.69. The van der Waals surface area contributed by atoms with Gasteiger partial charge in [0.2, 0.25) is 0 Å². The molecule has 0 rings (SSSR count). The van der Waals surface area contributed by atoms with Crippen LogP contribution in [-0.4, -0.2) is 37.2 Å². The summed E-state index contributed by atoms with van der Waals surface area (Å²) in [7, 11) is 0. The van der Waals surface area contributed by atoms with E-state index in [9.17, 15) is 14.4 Å². The van der Waals surface area contributed by atoms with Crippen molar-refractivity contribution in [1.29, 1.82) is 0 Å². The van der Waals surface area contributed by atoms with E-state index in [2.05, 4.69) is 27.7 Å². The predicted octanol–water partition coefficient (Wildman–Crippen LogP) is 16.3. The van der Waals surface area contributed by atoms with E-state index in [4.69, 9.17) is 14.2 Å². The van der Waals surface area contributed by atoms with E-state index in [0.29, 0.717) is 19.3 Å². The predicted molar refractivity (Wildman–Crippen MR) is 243 cm³/mol. The molecule has 0 aromatic rings. The van der Waals surface area contributed by atoms with Crippen molar-refractivity contribution < 1.29 is 28.6 Å². The van der Waals surface area contributed by atoms with E-state index < -0.39 is 6.10 Å². The highest BCUT2D eigenvalue weighted by molar-refractivity contribution is 5.71. The summed E-state index contributed by atoms with van der Waals surface area (Å²) in [6.07, 6.45) is 46.7. The third kappa shape index (κ3) is 45.3. The Hall–Kier alpha value is -1.59. The van der Waals surface area contributed by atoms with Crippen LogP contribution in [0.15, 0.2) is 0 Å². The number of carbonyl (C=O) groups is 3. The highest BCUT2D eigenvalue weighted by Crippen LogP contribution is 2.17. The lowest BCUT2D eigenvalue weighted by atomic mass is 10.0. The molecule has 0 heterocycles. The van der Waals surface area contributed by atoms with Gasteiger partial charge in [-0.2, -0.15) is 0 Å². The number of esters is 3. The Morgan fingerprint density at radius 2 is 0.579 bits per heavy atom. The van der Waals surface area contributed by atoms with Gasteiger partial charge in [0.25, 0.3) is 0 Å². The Labute approximate surface area is 355 Å². The minimum absolute atomic E-state index is 0.0634. The van der Waals surface area contributed by atoms with Crippen LogP contribution in [0.25, 0.3) is 0 Å². The number of unbranched alkanes of at least 4 members (excludes halogenated alkanes) is 33. The summed E-state index contributed by atoms with van der Waals surface area (Å²) in [6.45, 7) is 8.99. The van der Waals surface area contributed by atoms with Crippen molar-refractivity contribution in [1.82, 2.24) is 0 Å². The molecule has 0 saturated heterocycles. The monoisotopic (exact) mass is 807 g/mol. The van der Waals surface area contributed by atoms with Gasteiger partial charge in [-0.3, -0.25) is 14.4 Å². The van der Waals surface area contributed by atoms with Gasteiger partial charge in [-0.1, -0.05) is 246 Å². The summed E-state index contributed by atoms with van der Waals surface area (Å²) in [5.41, 5.74) is 0. The molecular weight excluding hydrogens is 709 g/mol. The molecule has 0 aromatic carbocycles. The summed E-state index contributed by atoms with van der Waals surface area (Å²) in [5.74, 6) is -0.00770. The first-order chi connectivity index (χ1) is 27.9. The molecule has 57 heavy (non-hydrogen) atoms. The first-order valence-corrected chi connectivity index (χ1v) is 25.4. The Kier molecular flexibility index (Phi) is 44.2. The standard InChI is InChI=1S/C51H98O6/c1-5-7-9-11-13-14-15-16-17-21-24-27-31-34-38-42-49(52)55-45-48(57-51(54)44-40-36-29-12-10-8-6-2)46-56-50(53)43-39-35-32-28-25-22-19-18-20-23-26-30-33-37-41-47(3)4/h47-48H,5-46H2,1-4H3/t48-/m1/s1. The highest BCUT2D eigenvalue weighted by Gasteiger charge is 2.19. The maximum absolute atomic E-state index is 12.6. The maximum Gasteiger partial charge on any atom is 0.306 e. The second kappa shape index (κ2) is 45.5. The Balaban J connectivity index is 4.16. The molecule has 0 N–H and O–H groups in total. The number of carbonyl (C=O) groups excluding carboxylic acids is 3. The molecule has 0 aliphatic rings. The van der Waals surface area contributed by atoms with Gasteiger partial charge in [0, 0.05) is 19.3 Å². The van der Waals surface area contributed by atoms with Gasteiger partial charge in [-0.15, -0.1) is 0 Å². The lowest BCUT2D eigenvalue weighted by Gasteiger charge is -2.18. The van der Waals surface area contributed by atoms with Crippen LogP contribution < -0.4 is 0 Å². The van der Waals surface area contributed by atoms with E-state index in [-0.39, 0.29) is 31.1 Å². The molecule has 338 valence electrons. The van der Waals surface area contributed by atoms with Crippen LogP contribution in [0, 0.1) is 5.92 Å². The molecule has 0 spiro atoms. The molecule has 0 aliphatic carbocycles. The highest BCUT2D eigenvalue weighted by atomic mass is 16.6. The zero-order valence-corrected chi connectivity index (χ0v) is 38.8. The van der Waals surface area contributed by atoms with Gasteiger partial charge in [0.15, 0.2) is 6.10 Å². The molecule has 0 aromatic heterocycles. The largest absolute Gasteiger partial charge is 0.462 e. The van der Waals surface area contributed by atoms with Gasteiger partial charge in [-0.05, 0) is 25.2 Å². The van der Waals surface area contributed by atoms with Crippen molar-refractivity contribution in [3.8, 4) is 0 Å². The molecule has 6 nitrogen and oxygen atoms in total. The third-order valence-corrected chi connectivity index (χ3v) is 11.5. The lowest BCUT2D eigenvalue weighted by Crippen LogP contribution is -2.30. The average Bonchev–Trinajstić information content (AvgIpc) is 3.19. The first kappa shape index (κ1) is 55.4. The average molecular weight is 807 g/mol. The number of rotatable bonds is 46. The molecule has 6 heteroatoms. The molecule has 0 bridgehead atoms. The summed E-state index contributed by atoms with van der Waals surface area (Å²) >= 11 is 0. The Morgan fingerprint density at radius 1 is 0.333 bits per heavy atom. The smallest absolute Gasteiger partial charge is 0.306 e. The summed E-state index contributed by atoms with van der Waals surface area (Å²) < 4.78 is 16.7. The lowest BCUT2D eigenvalue weighted by molar-refractivity contribution is -0.167. The van der Waals surface area contributed by atoms with Crippen molar-refractivity contribution in [2.24, 2.45) is 5.92 Å². The number of ether oxygens (including phenoxy) is 3. The quantitative estimate of drug-likeness (QED) is 0.0346. The second-order valence-corrected chi connectivity index (χ2v) is 17.9. The van der Waals surface area contributed by atoms with Gasteiger partial charge in [0.05, 0.1) is 0 Å². The van der Waals surface area contributed by atoms with E-state index >= 15 is 0 Å². The number of hydrogen-bond donors (Lipinski definition) is 0. The summed E-state index contributed by atoms with van der Waals surface area (Å²) in [6, 6.07) is 0. The molecule has 1 atom stereocenters. The van der Waals surface area contributed by atoms with Gasteiger partial charge in [0.1, 0.15) is 13.2 Å². The minimum atomic E-state index is -0.759. The summed E-state index contributed by atoms with van der Waals surface area (Å²) in [5, 5.41) is 0. The summed E-state index contributed by atoms with van der Waals surface area (Å²) in [4.78, 5) is 37.7.